The van der Waals surface area contributed by atoms with Gasteiger partial charge < -0.3 is 20.9 Å². The summed E-state index contributed by atoms with van der Waals surface area (Å²) < 4.78 is 4.98. The van der Waals surface area contributed by atoms with Gasteiger partial charge in [-0.3, -0.25) is 4.79 Å². The molecule has 0 spiro atoms. The van der Waals surface area contributed by atoms with E-state index >= 15 is 0 Å². The maximum atomic E-state index is 11.8. The summed E-state index contributed by atoms with van der Waals surface area (Å²) in [6, 6.07) is 2.90. The van der Waals surface area contributed by atoms with Crippen LogP contribution in [0.5, 0.6) is 5.75 Å². The number of anilines is 1. The van der Waals surface area contributed by atoms with Crippen molar-refractivity contribution in [1.29, 1.82) is 0 Å². The lowest BCUT2D eigenvalue weighted by molar-refractivity contribution is -0.138. The molecule has 1 unspecified atom stereocenters. The highest BCUT2D eigenvalue weighted by atomic mass is 32.1. The number of nitrogen functional groups attached to an aromatic ring is 1. The molecule has 1 amide bonds. The quantitative estimate of drug-likeness (QED) is 0.269. The fraction of sp³-hybridized carbons (Fsp3) is 0.250. The van der Waals surface area contributed by atoms with E-state index in [0.717, 1.165) is 0 Å². The van der Waals surface area contributed by atoms with E-state index in [1.54, 1.807) is 0 Å². The van der Waals surface area contributed by atoms with Crippen LogP contribution in [-0.2, 0) is 9.59 Å². The number of rotatable bonds is 5. The summed E-state index contributed by atoms with van der Waals surface area (Å²) in [6.07, 6.45) is 0. The first-order chi connectivity index (χ1) is 9.35. The first-order valence-corrected chi connectivity index (χ1v) is 6.21. The van der Waals surface area contributed by atoms with Gasteiger partial charge in [-0.05, 0) is 18.2 Å². The van der Waals surface area contributed by atoms with E-state index in [1.807, 2.05) is 0 Å². The molecule has 0 aliphatic heterocycles. The highest BCUT2D eigenvalue weighted by Gasteiger charge is 2.22. The molecule has 0 heterocycles. The van der Waals surface area contributed by atoms with Crippen LogP contribution in [0.3, 0.4) is 0 Å². The number of benzene rings is 1. The van der Waals surface area contributed by atoms with Crippen molar-refractivity contribution in [2.24, 2.45) is 0 Å². The highest BCUT2D eigenvalue weighted by molar-refractivity contribution is 7.80. The molecule has 0 aliphatic carbocycles. The van der Waals surface area contributed by atoms with Crippen LogP contribution in [0.25, 0.3) is 0 Å². The molecule has 7 nitrogen and oxygen atoms in total. The number of carbonyl (C=O) groups excluding carboxylic acids is 2. The van der Waals surface area contributed by atoms with Gasteiger partial charge in [-0.1, -0.05) is 0 Å². The summed E-state index contributed by atoms with van der Waals surface area (Å²) in [5.74, 6) is -2.62. The normalized spacial score (nSPS) is 11.5. The van der Waals surface area contributed by atoms with E-state index in [2.05, 4.69) is 17.9 Å². The summed E-state index contributed by atoms with van der Waals surface area (Å²) in [5, 5.41) is 11.4. The second-order valence-corrected chi connectivity index (χ2v) is 4.28. The number of esters is 1. The van der Waals surface area contributed by atoms with E-state index in [4.69, 9.17) is 15.6 Å². The Morgan fingerprint density at radius 1 is 1.45 bits per heavy atom. The van der Waals surface area contributed by atoms with Crippen molar-refractivity contribution in [3.8, 4) is 5.75 Å². The predicted molar refractivity (Wildman–Crippen MR) is 74.9 cm³/mol. The number of thiol groups is 1. The SMILES string of the molecule is CC(=O)NC(CS)C(=O)Oc1ccc(N)cc1C(=O)O. The molecule has 0 fully saturated rings. The molecule has 0 saturated carbocycles. The van der Waals surface area contributed by atoms with E-state index in [0.29, 0.717) is 0 Å². The van der Waals surface area contributed by atoms with Crippen LogP contribution in [0.15, 0.2) is 18.2 Å². The van der Waals surface area contributed by atoms with Gasteiger partial charge in [-0.25, -0.2) is 9.59 Å². The Morgan fingerprint density at radius 2 is 2.10 bits per heavy atom. The van der Waals surface area contributed by atoms with Crippen molar-refractivity contribution in [3.05, 3.63) is 23.8 Å². The zero-order valence-electron chi connectivity index (χ0n) is 10.6. The predicted octanol–water partition coefficient (Wildman–Crippen LogP) is 0.307. The summed E-state index contributed by atoms with van der Waals surface area (Å²) in [6.45, 7) is 1.25. The Hall–Kier alpha value is -2.22. The van der Waals surface area contributed by atoms with Crippen molar-refractivity contribution >= 4 is 36.2 Å². The van der Waals surface area contributed by atoms with Crippen LogP contribution in [0.4, 0.5) is 5.69 Å². The van der Waals surface area contributed by atoms with Gasteiger partial charge in [0.1, 0.15) is 17.4 Å². The summed E-state index contributed by atoms with van der Waals surface area (Å²) in [7, 11) is 0. The molecule has 8 heteroatoms. The van der Waals surface area contributed by atoms with Gasteiger partial charge in [0.25, 0.3) is 0 Å². The van der Waals surface area contributed by atoms with Gasteiger partial charge in [-0.2, -0.15) is 12.6 Å². The van der Waals surface area contributed by atoms with Crippen LogP contribution in [-0.4, -0.2) is 34.7 Å². The third-order valence-corrected chi connectivity index (χ3v) is 2.65. The third kappa shape index (κ3) is 4.16. The van der Waals surface area contributed by atoms with E-state index < -0.39 is 23.9 Å². The van der Waals surface area contributed by atoms with Gasteiger partial charge in [0, 0.05) is 18.4 Å². The molecule has 0 saturated heterocycles. The van der Waals surface area contributed by atoms with E-state index in [9.17, 15) is 14.4 Å². The first kappa shape index (κ1) is 15.8. The minimum atomic E-state index is -1.28. The molecule has 0 aromatic heterocycles. The zero-order chi connectivity index (χ0) is 15.3. The molecule has 0 aliphatic rings. The van der Waals surface area contributed by atoms with Crippen molar-refractivity contribution < 1.29 is 24.2 Å². The Balaban J connectivity index is 2.95. The van der Waals surface area contributed by atoms with Crippen LogP contribution < -0.4 is 15.8 Å². The second-order valence-electron chi connectivity index (χ2n) is 3.92. The van der Waals surface area contributed by atoms with Gasteiger partial charge in [0.15, 0.2) is 0 Å². The molecule has 1 aromatic carbocycles. The lowest BCUT2D eigenvalue weighted by Crippen LogP contribution is -2.43. The number of carbonyl (C=O) groups is 3. The molecule has 1 atom stereocenters. The zero-order valence-corrected chi connectivity index (χ0v) is 11.5. The Bertz CT molecular complexity index is 547. The number of ether oxygens (including phenoxy) is 1. The largest absolute Gasteiger partial charge is 0.478 e. The molecular weight excluding hydrogens is 284 g/mol. The van der Waals surface area contributed by atoms with Gasteiger partial charge in [-0.15, -0.1) is 0 Å². The topological polar surface area (TPSA) is 119 Å². The van der Waals surface area contributed by atoms with E-state index in [-0.39, 0.29) is 22.8 Å². The maximum absolute atomic E-state index is 11.8. The van der Waals surface area contributed by atoms with E-state index in [1.165, 1.54) is 25.1 Å². The molecule has 108 valence electrons. The number of carboxylic acids is 1. The number of hydrogen-bond acceptors (Lipinski definition) is 6. The summed E-state index contributed by atoms with van der Waals surface area (Å²) in [5.41, 5.74) is 5.47. The van der Waals surface area contributed by atoms with Crippen molar-refractivity contribution in [1.82, 2.24) is 5.32 Å². The van der Waals surface area contributed by atoms with Crippen LogP contribution in [0.1, 0.15) is 17.3 Å². The van der Waals surface area contributed by atoms with Crippen molar-refractivity contribution in [2.75, 3.05) is 11.5 Å². The maximum Gasteiger partial charge on any atom is 0.339 e. The van der Waals surface area contributed by atoms with Crippen LogP contribution >= 0.6 is 12.6 Å². The first-order valence-electron chi connectivity index (χ1n) is 5.57. The summed E-state index contributed by atoms with van der Waals surface area (Å²) >= 11 is 3.93. The second kappa shape index (κ2) is 6.80. The number of amides is 1. The number of nitrogens with two attached hydrogens (primary N) is 1. The van der Waals surface area contributed by atoms with Crippen LogP contribution in [0.2, 0.25) is 0 Å². The molecule has 1 rings (SSSR count). The average molecular weight is 298 g/mol. The smallest absolute Gasteiger partial charge is 0.339 e. The van der Waals surface area contributed by atoms with Gasteiger partial charge in [0.05, 0.1) is 0 Å². The number of nitrogens with one attached hydrogen (secondary N) is 1. The number of carboxylic acid groups (broad SMARTS) is 1. The van der Waals surface area contributed by atoms with Gasteiger partial charge >= 0.3 is 11.9 Å². The molecular formula is C12H14N2O5S. The van der Waals surface area contributed by atoms with Crippen LogP contribution in [0, 0.1) is 0 Å². The Morgan fingerprint density at radius 3 is 2.60 bits per heavy atom. The molecule has 20 heavy (non-hydrogen) atoms. The Labute approximate surface area is 120 Å². The fourth-order valence-electron chi connectivity index (χ4n) is 1.41. The monoisotopic (exact) mass is 298 g/mol. The fourth-order valence-corrected chi connectivity index (χ4v) is 1.65. The number of hydrogen-bond donors (Lipinski definition) is 4. The minimum Gasteiger partial charge on any atom is -0.478 e. The number of aromatic carboxylic acids is 1. The molecule has 1 aromatic rings. The van der Waals surface area contributed by atoms with Gasteiger partial charge in [0.2, 0.25) is 5.91 Å². The van der Waals surface area contributed by atoms with Crippen molar-refractivity contribution in [3.63, 3.8) is 0 Å². The lowest BCUT2D eigenvalue weighted by Gasteiger charge is -2.15. The minimum absolute atomic E-state index is 0.0236. The standard InChI is InChI=1S/C12H14N2O5S/c1-6(15)14-9(5-20)12(18)19-10-3-2-7(13)4-8(10)11(16)17/h2-4,9,20H,5,13H2,1H3,(H,14,15)(H,16,17). The Kier molecular flexibility index (Phi) is 5.39. The molecule has 0 radical (unpaired) electrons. The highest BCUT2D eigenvalue weighted by Crippen LogP contribution is 2.22. The van der Waals surface area contributed by atoms with Crippen molar-refractivity contribution in [2.45, 2.75) is 13.0 Å². The summed E-state index contributed by atoms with van der Waals surface area (Å²) in [4.78, 5) is 33.8. The molecule has 4 N–H and O–H groups in total. The third-order valence-electron chi connectivity index (χ3n) is 2.29. The molecule has 0 bridgehead atoms. The average Bonchev–Trinajstić information content (AvgIpc) is 2.37. The lowest BCUT2D eigenvalue weighted by atomic mass is 10.2.